The van der Waals surface area contributed by atoms with Crippen LogP contribution in [0.4, 0.5) is 4.39 Å². The maximum Gasteiger partial charge on any atom is 0.187 e. The second kappa shape index (κ2) is 6.68. The van der Waals surface area contributed by atoms with Crippen molar-refractivity contribution < 1.29 is 9.18 Å². The molecule has 1 aromatic heterocycles. The van der Waals surface area contributed by atoms with Crippen LogP contribution in [-0.4, -0.2) is 26.5 Å². The van der Waals surface area contributed by atoms with Gasteiger partial charge in [0.25, 0.3) is 0 Å². The summed E-state index contributed by atoms with van der Waals surface area (Å²) in [5, 5.41) is 11.8. The van der Waals surface area contributed by atoms with Gasteiger partial charge in [0.05, 0.1) is 0 Å². The van der Waals surface area contributed by atoms with Gasteiger partial charge in [-0.15, -0.1) is 5.10 Å². The summed E-state index contributed by atoms with van der Waals surface area (Å²) in [6.45, 7) is 0. The summed E-state index contributed by atoms with van der Waals surface area (Å²) in [6, 6.07) is 21.0. The molecule has 0 N–H and O–H groups in total. The number of halogens is 1. The molecule has 4 aromatic rings. The number of para-hydroxylation sites is 1. The van der Waals surface area contributed by atoms with Crippen molar-refractivity contribution in [3.8, 4) is 28.2 Å². The lowest BCUT2D eigenvalue weighted by molar-refractivity contribution is 0.112. The van der Waals surface area contributed by atoms with E-state index in [0.29, 0.717) is 17.0 Å². The molecule has 5 nitrogen and oxygen atoms in total. The quantitative estimate of drug-likeness (QED) is 0.526. The Labute approximate surface area is 148 Å². The van der Waals surface area contributed by atoms with Crippen molar-refractivity contribution in [3.63, 3.8) is 0 Å². The number of benzene rings is 3. The summed E-state index contributed by atoms with van der Waals surface area (Å²) in [4.78, 5) is 11.4. The average molecular weight is 344 g/mol. The van der Waals surface area contributed by atoms with E-state index in [4.69, 9.17) is 0 Å². The summed E-state index contributed by atoms with van der Waals surface area (Å²) < 4.78 is 15.6. The van der Waals surface area contributed by atoms with Crippen LogP contribution < -0.4 is 0 Å². The highest BCUT2D eigenvalue weighted by Crippen LogP contribution is 2.33. The van der Waals surface area contributed by atoms with Crippen LogP contribution in [0.15, 0.2) is 72.8 Å². The predicted octanol–water partition coefficient (Wildman–Crippen LogP) is 3.95. The fourth-order valence-corrected chi connectivity index (χ4v) is 2.90. The Hall–Kier alpha value is -3.67. The lowest BCUT2D eigenvalue weighted by Crippen LogP contribution is -2.03. The molecule has 0 amide bonds. The molecule has 0 aliphatic rings. The second-order valence-corrected chi connectivity index (χ2v) is 5.62. The maximum atomic E-state index is 14.2. The van der Waals surface area contributed by atoms with E-state index in [0.717, 1.165) is 17.4 Å². The van der Waals surface area contributed by atoms with E-state index in [9.17, 15) is 9.18 Å². The molecule has 4 rings (SSSR count). The van der Waals surface area contributed by atoms with Gasteiger partial charge in [-0.1, -0.05) is 60.7 Å². The Bertz CT molecular complexity index is 1090. The van der Waals surface area contributed by atoms with Crippen LogP contribution in [-0.2, 0) is 0 Å². The van der Waals surface area contributed by atoms with Gasteiger partial charge in [0.15, 0.2) is 12.1 Å². The zero-order valence-corrected chi connectivity index (χ0v) is 13.6. The van der Waals surface area contributed by atoms with Gasteiger partial charge in [-0.2, -0.15) is 4.68 Å². The number of aldehydes is 1. The summed E-state index contributed by atoms with van der Waals surface area (Å²) in [7, 11) is 0. The first kappa shape index (κ1) is 15.8. The smallest absolute Gasteiger partial charge is 0.187 e. The van der Waals surface area contributed by atoms with Crippen molar-refractivity contribution in [2.45, 2.75) is 0 Å². The van der Waals surface area contributed by atoms with Crippen LogP contribution in [0.5, 0.6) is 0 Å². The minimum Gasteiger partial charge on any atom is -0.298 e. The summed E-state index contributed by atoms with van der Waals surface area (Å²) in [5.41, 5.74) is 3.08. The monoisotopic (exact) mass is 344 g/mol. The third kappa shape index (κ3) is 2.67. The van der Waals surface area contributed by atoms with Gasteiger partial charge in [0, 0.05) is 11.1 Å². The van der Waals surface area contributed by atoms with Crippen molar-refractivity contribution in [1.82, 2.24) is 20.2 Å². The number of tetrazole rings is 1. The van der Waals surface area contributed by atoms with E-state index in [1.54, 1.807) is 30.3 Å². The van der Waals surface area contributed by atoms with E-state index in [1.807, 2.05) is 36.4 Å². The maximum absolute atomic E-state index is 14.2. The molecule has 0 radical (unpaired) electrons. The molecule has 126 valence electrons. The van der Waals surface area contributed by atoms with Crippen LogP contribution in [0.1, 0.15) is 10.4 Å². The normalized spacial score (nSPS) is 10.7. The van der Waals surface area contributed by atoms with Crippen molar-refractivity contribution in [1.29, 1.82) is 0 Å². The topological polar surface area (TPSA) is 60.7 Å². The summed E-state index contributed by atoms with van der Waals surface area (Å²) in [6.07, 6.45) is 0.811. The molecule has 0 bridgehead atoms. The predicted molar refractivity (Wildman–Crippen MR) is 95.4 cm³/mol. The van der Waals surface area contributed by atoms with Gasteiger partial charge in [-0.3, -0.25) is 4.79 Å². The van der Waals surface area contributed by atoms with Gasteiger partial charge in [0.2, 0.25) is 0 Å². The average Bonchev–Trinajstić information content (AvgIpc) is 3.17. The number of aromatic nitrogens is 4. The second-order valence-electron chi connectivity index (χ2n) is 5.62. The van der Waals surface area contributed by atoms with Crippen LogP contribution >= 0.6 is 0 Å². The SMILES string of the molecule is O=Cc1ccccc1-c1ccccc1-c1nnnn1-c1ccccc1F. The minimum absolute atomic E-state index is 0.256. The molecule has 26 heavy (non-hydrogen) atoms. The lowest BCUT2D eigenvalue weighted by Gasteiger charge is -2.12. The molecule has 0 saturated heterocycles. The Morgan fingerprint density at radius 2 is 1.46 bits per heavy atom. The molecule has 6 heteroatoms. The molecule has 3 aromatic carbocycles. The fourth-order valence-electron chi connectivity index (χ4n) is 2.90. The Kier molecular flexibility index (Phi) is 4.07. The van der Waals surface area contributed by atoms with Crippen LogP contribution in [0.3, 0.4) is 0 Å². The van der Waals surface area contributed by atoms with E-state index < -0.39 is 5.82 Å². The van der Waals surface area contributed by atoms with Crippen molar-refractivity contribution in [3.05, 3.63) is 84.2 Å². The fraction of sp³-hybridized carbons (Fsp3) is 0. The van der Waals surface area contributed by atoms with E-state index in [-0.39, 0.29) is 5.69 Å². The zero-order chi connectivity index (χ0) is 17.9. The highest BCUT2D eigenvalue weighted by Gasteiger charge is 2.18. The van der Waals surface area contributed by atoms with Gasteiger partial charge in [-0.25, -0.2) is 4.39 Å². The summed E-state index contributed by atoms with van der Waals surface area (Å²) in [5.74, 6) is -0.0294. The summed E-state index contributed by atoms with van der Waals surface area (Å²) >= 11 is 0. The first-order chi connectivity index (χ1) is 12.8. The van der Waals surface area contributed by atoms with Crippen LogP contribution in [0.2, 0.25) is 0 Å². The number of carbonyl (C=O) groups excluding carboxylic acids is 1. The number of carbonyl (C=O) groups is 1. The lowest BCUT2D eigenvalue weighted by atomic mass is 9.95. The number of hydrogen-bond acceptors (Lipinski definition) is 4. The van der Waals surface area contributed by atoms with Gasteiger partial charge in [-0.05, 0) is 33.7 Å². The van der Waals surface area contributed by atoms with Crippen LogP contribution in [0, 0.1) is 5.82 Å². The molecule has 0 unspecified atom stereocenters. The molecule has 0 fully saturated rings. The van der Waals surface area contributed by atoms with E-state index >= 15 is 0 Å². The molecule has 1 heterocycles. The van der Waals surface area contributed by atoms with Gasteiger partial charge in [0.1, 0.15) is 11.5 Å². The standard InChI is InChI=1S/C20H13FN4O/c21-18-11-5-6-12-19(18)25-20(22-23-24-25)17-10-4-3-9-16(17)15-8-2-1-7-14(15)13-26/h1-13H. The molecule has 0 saturated carbocycles. The van der Waals surface area contributed by atoms with Crippen molar-refractivity contribution in [2.24, 2.45) is 0 Å². The molecule has 0 aliphatic carbocycles. The van der Waals surface area contributed by atoms with E-state index in [1.165, 1.54) is 10.7 Å². The minimum atomic E-state index is -0.424. The first-order valence-electron chi connectivity index (χ1n) is 7.97. The van der Waals surface area contributed by atoms with Gasteiger partial charge >= 0.3 is 0 Å². The Morgan fingerprint density at radius 1 is 0.808 bits per heavy atom. The Morgan fingerprint density at radius 3 is 2.23 bits per heavy atom. The highest BCUT2D eigenvalue weighted by atomic mass is 19.1. The first-order valence-corrected chi connectivity index (χ1v) is 7.97. The van der Waals surface area contributed by atoms with E-state index in [2.05, 4.69) is 15.5 Å². The Balaban J connectivity index is 1.94. The third-order valence-corrected chi connectivity index (χ3v) is 4.10. The largest absolute Gasteiger partial charge is 0.298 e. The number of rotatable bonds is 4. The molecule has 0 atom stereocenters. The van der Waals surface area contributed by atoms with Crippen molar-refractivity contribution >= 4 is 6.29 Å². The van der Waals surface area contributed by atoms with Crippen LogP contribution in [0.25, 0.3) is 28.2 Å². The molecular formula is C20H13FN4O. The van der Waals surface area contributed by atoms with Crippen molar-refractivity contribution in [2.75, 3.05) is 0 Å². The zero-order valence-electron chi connectivity index (χ0n) is 13.6. The number of hydrogen-bond donors (Lipinski definition) is 0. The molecular weight excluding hydrogens is 331 g/mol. The number of nitrogens with zero attached hydrogens (tertiary/aromatic N) is 4. The highest BCUT2D eigenvalue weighted by molar-refractivity contribution is 5.92. The molecule has 0 spiro atoms. The van der Waals surface area contributed by atoms with Gasteiger partial charge < -0.3 is 0 Å². The molecule has 0 aliphatic heterocycles. The third-order valence-electron chi connectivity index (χ3n) is 4.10.